The van der Waals surface area contributed by atoms with Gasteiger partial charge in [-0.15, -0.1) is 11.3 Å². The van der Waals surface area contributed by atoms with Gasteiger partial charge in [0.2, 0.25) is 0 Å². The molecular formula is C15H24BrNOS. The summed E-state index contributed by atoms with van der Waals surface area (Å²) in [4.78, 5) is 3.52. The van der Waals surface area contributed by atoms with E-state index < -0.39 is 0 Å². The van der Waals surface area contributed by atoms with Crippen molar-refractivity contribution in [3.05, 3.63) is 20.8 Å². The number of likely N-dealkylation sites (N-methyl/N-ethyl adjacent to an activating group) is 1. The minimum atomic E-state index is -0.277. The maximum atomic E-state index is 10.8. The second kappa shape index (κ2) is 6.25. The number of hydrogen-bond acceptors (Lipinski definition) is 3. The van der Waals surface area contributed by atoms with Gasteiger partial charge in [-0.25, -0.2) is 0 Å². The lowest BCUT2D eigenvalue weighted by Gasteiger charge is -2.47. The highest BCUT2D eigenvalue weighted by molar-refractivity contribution is 9.10. The summed E-state index contributed by atoms with van der Waals surface area (Å²) >= 11 is 5.21. The van der Waals surface area contributed by atoms with Crippen molar-refractivity contribution in [3.8, 4) is 0 Å². The summed E-state index contributed by atoms with van der Waals surface area (Å²) in [5.41, 5.74) is -0.0387. The van der Waals surface area contributed by atoms with E-state index in [2.05, 4.69) is 53.3 Å². The van der Waals surface area contributed by atoms with Gasteiger partial charge < -0.3 is 10.0 Å². The molecule has 1 aliphatic rings. The Balaban J connectivity index is 2.10. The van der Waals surface area contributed by atoms with Gasteiger partial charge in [-0.05, 0) is 67.7 Å². The number of aliphatic hydroxyl groups is 1. The highest BCUT2D eigenvalue weighted by atomic mass is 79.9. The fourth-order valence-corrected chi connectivity index (χ4v) is 4.67. The third kappa shape index (κ3) is 3.41. The van der Waals surface area contributed by atoms with E-state index in [0.717, 1.165) is 29.7 Å². The minimum Gasteiger partial charge on any atom is -0.391 e. The van der Waals surface area contributed by atoms with Crippen molar-refractivity contribution >= 4 is 27.3 Å². The average molecular weight is 346 g/mol. The molecule has 1 aliphatic carbocycles. The first-order valence-corrected chi connectivity index (χ1v) is 8.70. The zero-order chi connectivity index (χ0) is 14.0. The van der Waals surface area contributed by atoms with Crippen molar-refractivity contribution in [1.82, 2.24) is 4.90 Å². The second-order valence-electron chi connectivity index (χ2n) is 6.13. The van der Waals surface area contributed by atoms with Crippen LogP contribution in [0.25, 0.3) is 0 Å². The quantitative estimate of drug-likeness (QED) is 0.893. The van der Waals surface area contributed by atoms with Gasteiger partial charge in [0.05, 0.1) is 6.10 Å². The lowest BCUT2D eigenvalue weighted by molar-refractivity contribution is -0.0378. The third-order valence-electron chi connectivity index (χ3n) is 4.67. The summed E-state index contributed by atoms with van der Waals surface area (Å²) < 4.78 is 1.12. The van der Waals surface area contributed by atoms with Gasteiger partial charge in [0.25, 0.3) is 0 Å². The van der Waals surface area contributed by atoms with Crippen LogP contribution in [0.1, 0.15) is 37.5 Å². The molecule has 19 heavy (non-hydrogen) atoms. The zero-order valence-corrected chi connectivity index (χ0v) is 14.4. The third-order valence-corrected chi connectivity index (χ3v) is 6.39. The zero-order valence-electron chi connectivity index (χ0n) is 12.0. The van der Waals surface area contributed by atoms with Crippen molar-refractivity contribution in [2.75, 3.05) is 14.1 Å². The van der Waals surface area contributed by atoms with Crippen molar-refractivity contribution in [2.24, 2.45) is 5.92 Å². The van der Waals surface area contributed by atoms with Gasteiger partial charge in [0.15, 0.2) is 0 Å². The SMILES string of the molecule is CC1CCC(C(O)Cc2cc(Br)cs2)(N(C)C)CC1. The van der Waals surface area contributed by atoms with Crippen LogP contribution >= 0.6 is 27.3 Å². The molecule has 4 heteroatoms. The number of rotatable bonds is 4. The lowest BCUT2D eigenvalue weighted by Crippen LogP contribution is -2.56. The Hall–Kier alpha value is 0.1000. The van der Waals surface area contributed by atoms with Crippen LogP contribution in [-0.4, -0.2) is 35.7 Å². The Morgan fingerprint density at radius 3 is 2.58 bits per heavy atom. The number of hydrogen-bond donors (Lipinski definition) is 1. The molecule has 0 aliphatic heterocycles. The Morgan fingerprint density at radius 1 is 1.47 bits per heavy atom. The first kappa shape index (κ1) is 15.5. The summed E-state index contributed by atoms with van der Waals surface area (Å²) in [6.45, 7) is 2.32. The van der Waals surface area contributed by atoms with Gasteiger partial charge in [0, 0.05) is 26.7 Å². The molecule has 1 N–H and O–H groups in total. The maximum Gasteiger partial charge on any atom is 0.0771 e. The standard InChI is InChI=1S/C15H24BrNOS/c1-11-4-6-15(7-5-11,17(2)3)14(18)9-13-8-12(16)10-19-13/h8,10-11,14,18H,4-7,9H2,1-3H3. The summed E-state index contributed by atoms with van der Waals surface area (Å²) in [6, 6.07) is 2.13. The van der Waals surface area contributed by atoms with Crippen molar-refractivity contribution in [2.45, 2.75) is 50.7 Å². The molecule has 1 atom stereocenters. The highest BCUT2D eigenvalue weighted by Gasteiger charge is 2.42. The Kier molecular flexibility index (Phi) is 5.09. The van der Waals surface area contributed by atoms with Gasteiger partial charge in [-0.1, -0.05) is 6.92 Å². The number of thiophene rings is 1. The van der Waals surface area contributed by atoms with Crippen LogP contribution in [0.3, 0.4) is 0 Å². The number of nitrogens with zero attached hydrogens (tertiary/aromatic N) is 1. The Labute approximate surface area is 129 Å². The van der Waals surface area contributed by atoms with Crippen LogP contribution in [0.15, 0.2) is 15.9 Å². The Morgan fingerprint density at radius 2 is 2.11 bits per heavy atom. The van der Waals surface area contributed by atoms with Gasteiger partial charge in [-0.2, -0.15) is 0 Å². The fourth-order valence-electron chi connectivity index (χ4n) is 3.18. The van der Waals surface area contributed by atoms with Crippen LogP contribution in [0.2, 0.25) is 0 Å². The molecule has 0 aromatic carbocycles. The number of aliphatic hydroxyl groups excluding tert-OH is 1. The van der Waals surface area contributed by atoms with E-state index in [9.17, 15) is 5.11 Å². The van der Waals surface area contributed by atoms with Gasteiger partial charge >= 0.3 is 0 Å². The van der Waals surface area contributed by atoms with Crippen LogP contribution in [0, 0.1) is 5.92 Å². The van der Waals surface area contributed by atoms with E-state index in [0.29, 0.717) is 0 Å². The monoisotopic (exact) mass is 345 g/mol. The summed E-state index contributed by atoms with van der Waals surface area (Å²) in [5, 5.41) is 12.9. The van der Waals surface area contributed by atoms with E-state index >= 15 is 0 Å². The molecule has 1 heterocycles. The molecule has 108 valence electrons. The summed E-state index contributed by atoms with van der Waals surface area (Å²) in [5.74, 6) is 0.802. The van der Waals surface area contributed by atoms with E-state index in [1.165, 1.54) is 17.7 Å². The fraction of sp³-hybridized carbons (Fsp3) is 0.733. The Bertz CT molecular complexity index is 410. The largest absolute Gasteiger partial charge is 0.391 e. The molecule has 1 fully saturated rings. The average Bonchev–Trinajstić information content (AvgIpc) is 2.75. The second-order valence-corrected chi connectivity index (χ2v) is 8.04. The molecule has 0 amide bonds. The summed E-state index contributed by atoms with van der Waals surface area (Å²) in [7, 11) is 4.23. The van der Waals surface area contributed by atoms with E-state index in [4.69, 9.17) is 0 Å². The summed E-state index contributed by atoms with van der Waals surface area (Å²) in [6.07, 6.45) is 5.15. The van der Waals surface area contributed by atoms with Gasteiger partial charge in [0.1, 0.15) is 0 Å². The molecule has 1 aromatic rings. The first-order chi connectivity index (χ1) is 8.94. The first-order valence-electron chi connectivity index (χ1n) is 7.02. The number of halogens is 1. The van der Waals surface area contributed by atoms with E-state index in [-0.39, 0.29) is 11.6 Å². The molecule has 1 unspecified atom stereocenters. The van der Waals surface area contributed by atoms with Crippen molar-refractivity contribution in [1.29, 1.82) is 0 Å². The molecule has 0 radical (unpaired) electrons. The van der Waals surface area contributed by atoms with E-state index in [1.807, 2.05) is 0 Å². The molecular weight excluding hydrogens is 322 g/mol. The van der Waals surface area contributed by atoms with Crippen LogP contribution in [0.4, 0.5) is 0 Å². The molecule has 0 spiro atoms. The molecule has 1 saturated carbocycles. The smallest absolute Gasteiger partial charge is 0.0771 e. The maximum absolute atomic E-state index is 10.8. The van der Waals surface area contributed by atoms with E-state index in [1.54, 1.807) is 11.3 Å². The predicted octanol–water partition coefficient (Wildman–Crippen LogP) is 3.92. The van der Waals surface area contributed by atoms with Crippen LogP contribution in [-0.2, 0) is 6.42 Å². The topological polar surface area (TPSA) is 23.5 Å². The highest BCUT2D eigenvalue weighted by Crippen LogP contribution is 2.39. The molecule has 1 aromatic heterocycles. The predicted molar refractivity (Wildman–Crippen MR) is 85.8 cm³/mol. The van der Waals surface area contributed by atoms with Gasteiger partial charge in [-0.3, -0.25) is 0 Å². The minimum absolute atomic E-state index is 0.0387. The lowest BCUT2D eigenvalue weighted by atomic mass is 9.72. The van der Waals surface area contributed by atoms with Crippen LogP contribution < -0.4 is 0 Å². The van der Waals surface area contributed by atoms with Crippen molar-refractivity contribution in [3.63, 3.8) is 0 Å². The molecule has 2 rings (SSSR count). The molecule has 2 nitrogen and oxygen atoms in total. The molecule has 0 bridgehead atoms. The molecule has 0 saturated heterocycles. The normalized spacial score (nSPS) is 29.7. The van der Waals surface area contributed by atoms with Crippen molar-refractivity contribution < 1.29 is 5.11 Å². The van der Waals surface area contributed by atoms with Crippen LogP contribution in [0.5, 0.6) is 0 Å².